The number of phenols is 1. The maximum Gasteiger partial charge on any atom is 0.348 e. The topological polar surface area (TPSA) is 495 Å². The van der Waals surface area contributed by atoms with Crippen LogP contribution in [0.2, 0.25) is 0 Å². The molecular formula is C91H90N8O23S2. The summed E-state index contributed by atoms with van der Waals surface area (Å²) in [5, 5.41) is 89.6. The molecule has 4 aromatic heterocycles. The predicted octanol–water partition coefficient (Wildman–Crippen LogP) is 14.6. The first kappa shape index (κ1) is 88.6. The van der Waals surface area contributed by atoms with Crippen LogP contribution in [0, 0.1) is 30.9 Å². The Hall–Kier alpha value is -13.2. The predicted molar refractivity (Wildman–Crippen MR) is 474 cm³/mol. The number of ether oxygens (including phenoxy) is 8. The third-order valence-corrected chi connectivity index (χ3v) is 22.9. The van der Waals surface area contributed by atoms with E-state index in [-0.39, 0.29) is 81.2 Å². The fraction of sp³-hybridized carbons (Fsp3) is 0.253. The molecule has 2 fully saturated rings. The zero-order valence-corrected chi connectivity index (χ0v) is 69.7. The van der Waals surface area contributed by atoms with Crippen molar-refractivity contribution in [2.45, 2.75) is 122 Å². The van der Waals surface area contributed by atoms with Gasteiger partial charge in [-0.3, -0.25) is 14.9 Å². The molecular weight excluding hydrogens is 1640 g/mol. The number of anilines is 6. The van der Waals surface area contributed by atoms with Crippen molar-refractivity contribution >= 4 is 149 Å². The lowest BCUT2D eigenvalue weighted by atomic mass is 9.94. The molecule has 15 aromatic rings. The van der Waals surface area contributed by atoms with Crippen LogP contribution in [-0.2, 0) is 41.5 Å². The molecule has 124 heavy (non-hydrogen) atoms. The van der Waals surface area contributed by atoms with Gasteiger partial charge in [-0.2, -0.15) is 0 Å². The summed E-state index contributed by atoms with van der Waals surface area (Å²) in [6, 6.07) is 55.5. The number of carbonyl (C=O) groups is 2. The number of non-ortho nitro benzene ring substituents is 1. The number of aliphatic carboxylic acids is 1. The van der Waals surface area contributed by atoms with Gasteiger partial charge in [-0.05, 0) is 188 Å². The number of para-hydroxylation sites is 2. The Labute approximate surface area is 715 Å². The highest BCUT2D eigenvalue weighted by molar-refractivity contribution is 7.22. The summed E-state index contributed by atoms with van der Waals surface area (Å²) in [4.78, 5) is 66.5. The number of aromatic nitrogens is 2. The van der Waals surface area contributed by atoms with Crippen LogP contribution >= 0.6 is 22.7 Å². The van der Waals surface area contributed by atoms with Gasteiger partial charge in [0.05, 0.1) is 86.7 Å². The molecule has 0 radical (unpaired) electrons. The number of aromatic hydroxyl groups is 1. The van der Waals surface area contributed by atoms with E-state index in [9.17, 15) is 54.8 Å². The van der Waals surface area contributed by atoms with E-state index < -0.39 is 95.1 Å². The number of phenolic OH excluding ortho intramolecular Hbond substituents is 1. The number of aliphatic hydroxyl groups excluding tert-OH is 4. The molecule has 2 aliphatic heterocycles. The van der Waals surface area contributed by atoms with Gasteiger partial charge in [0.1, 0.15) is 70.6 Å². The number of hydrogen-bond donors (Lipinski definition) is 12. The van der Waals surface area contributed by atoms with Gasteiger partial charge in [0.15, 0.2) is 10.7 Å². The van der Waals surface area contributed by atoms with Gasteiger partial charge in [0.25, 0.3) is 10.9 Å². The van der Waals surface area contributed by atoms with Crippen LogP contribution in [0.5, 0.6) is 28.2 Å². The molecule has 17 rings (SSSR count). The van der Waals surface area contributed by atoms with Gasteiger partial charge in [0, 0.05) is 76.9 Å². The summed E-state index contributed by atoms with van der Waals surface area (Å²) in [6.45, 7) is 9.44. The number of nitrogens with two attached hydrogens (primary N) is 4. The maximum absolute atomic E-state index is 13.4. The van der Waals surface area contributed by atoms with E-state index in [1.54, 1.807) is 99.9 Å². The van der Waals surface area contributed by atoms with E-state index in [4.69, 9.17) is 79.9 Å². The molecule has 6 heterocycles. The van der Waals surface area contributed by atoms with E-state index in [0.29, 0.717) is 57.7 Å². The first-order valence-electron chi connectivity index (χ1n) is 39.1. The zero-order valence-electron chi connectivity index (χ0n) is 68.0. The van der Waals surface area contributed by atoms with Gasteiger partial charge in [-0.15, -0.1) is 0 Å². The number of rotatable bonds is 21. The minimum atomic E-state index is -1.47. The number of nitro groups is 1. The molecule has 0 spiro atoms. The second-order valence-corrected chi connectivity index (χ2v) is 31.6. The third kappa shape index (κ3) is 20.1. The normalized spacial score (nSPS) is 18.6. The number of nitrogens with zero attached hydrogens (tertiary/aromatic N) is 3. The molecule has 16 N–H and O–H groups in total. The summed E-state index contributed by atoms with van der Waals surface area (Å²) >= 11 is 3.00. The number of aryl methyl sites for hydroxylation is 3. The molecule has 0 bridgehead atoms. The first-order chi connectivity index (χ1) is 59.4. The van der Waals surface area contributed by atoms with Gasteiger partial charge < -0.3 is 111 Å². The van der Waals surface area contributed by atoms with Crippen molar-refractivity contribution in [3.63, 3.8) is 0 Å². The molecule has 2 saturated heterocycles. The number of methoxy groups -OCH3 is 2. The molecule has 31 nitrogen and oxygen atoms in total. The van der Waals surface area contributed by atoms with Crippen molar-refractivity contribution in [3.05, 3.63) is 258 Å². The zero-order chi connectivity index (χ0) is 88.5. The summed E-state index contributed by atoms with van der Waals surface area (Å²) in [7, 11) is 3.02. The molecule has 2 aliphatic rings. The Morgan fingerprint density at radius 2 is 1.23 bits per heavy atom. The molecule has 10 unspecified atom stereocenters. The molecule has 644 valence electrons. The van der Waals surface area contributed by atoms with E-state index >= 15 is 0 Å². The van der Waals surface area contributed by atoms with Gasteiger partial charge in [-0.1, -0.05) is 95.5 Å². The number of nitrogens with one attached hydrogen (secondary N) is 1. The molecule has 11 aromatic carbocycles. The van der Waals surface area contributed by atoms with Crippen LogP contribution in [0.1, 0.15) is 70.4 Å². The second kappa shape index (κ2) is 38.9. The lowest BCUT2D eigenvalue weighted by Gasteiger charge is -2.42. The highest BCUT2D eigenvalue weighted by atomic mass is 32.1. The number of carboxylic acid groups (broad SMARTS) is 2. The number of nitro benzene ring substituents is 1. The summed E-state index contributed by atoms with van der Waals surface area (Å²) < 4.78 is 59.0. The Balaban J connectivity index is 0.000000145. The number of aliphatic hydroxyl groups is 4. The molecule has 0 amide bonds. The number of carboxylic acids is 2. The Bertz CT molecular complexity index is 6250. The van der Waals surface area contributed by atoms with Crippen molar-refractivity contribution in [2.75, 3.05) is 55.7 Å². The average molecular weight is 1730 g/mol. The van der Waals surface area contributed by atoms with Crippen LogP contribution < -0.4 is 53.7 Å². The highest BCUT2D eigenvalue weighted by Crippen LogP contribution is 2.46. The average Bonchev–Trinajstić information content (AvgIpc) is 0.755. The fourth-order valence-electron chi connectivity index (χ4n) is 14.4. The Morgan fingerprint density at radius 1 is 0.597 bits per heavy atom. The minimum absolute atomic E-state index is 0.0243. The molecule has 0 saturated carbocycles. The summed E-state index contributed by atoms with van der Waals surface area (Å²) in [5.41, 5.74) is 33.8. The number of fused-ring (bicyclic) bond motifs is 5. The quantitative estimate of drug-likeness (QED) is 0.00604. The second-order valence-electron chi connectivity index (χ2n) is 29.5. The maximum atomic E-state index is 13.4. The standard InChI is InChI=1S/C34H36O14.C15H20N4.C15H16O4.C14H9NO3S.C13H9N3O2S/c1-12-8-9-17-21-19(12)32(40)48-29-20-15(26(37)23(22(21)29)33(41)46-17)6-5-7-16(20)47-34-31(28(39)24(35)13(2)45-34)43-11-10-18-27(38)30(42-4)25(36)14(3)44-18;1-8-3-10(14(18)6-12(8)16)5-11-4-9(2)13(17)7-15(11)19;1-18-14-5-4-12-8-11(2-3-13(12)9-14)10-19-7-6-15(16)17;16-13(17)9-5-7-10(8-6-9)18-14-15-11-3-1-2-4-12(11)19-14;17-16(18)10-7-5-9(6-8-10)14-13-15-11-3-1-2-4-12(11)19-13/h5-9,13-14,18,24-25,27-28,30-31,34-39H,10-11H2,1-4H3;3-4,6-7H,5,16-19H2,1-2H3;2-5,8-9H,6-7,10H2,1H3,(H,16,17);1-8H,(H,16,17);1-8H,(H,14,15). The van der Waals surface area contributed by atoms with Crippen LogP contribution in [0.25, 0.3) is 74.7 Å². The Kier molecular flexibility index (Phi) is 27.8. The van der Waals surface area contributed by atoms with Crippen molar-refractivity contribution in [1.82, 2.24) is 9.97 Å². The highest BCUT2D eigenvalue weighted by Gasteiger charge is 2.47. The number of hydrogen-bond acceptors (Lipinski definition) is 30. The molecule has 33 heteroatoms. The lowest BCUT2D eigenvalue weighted by Crippen LogP contribution is -2.60. The largest absolute Gasteiger partial charge is 0.506 e. The number of nitrogen functional groups attached to an aromatic ring is 4. The van der Waals surface area contributed by atoms with Crippen LogP contribution in [0.4, 0.5) is 39.3 Å². The van der Waals surface area contributed by atoms with Crippen molar-refractivity contribution in [1.29, 1.82) is 0 Å². The van der Waals surface area contributed by atoms with Gasteiger partial charge >= 0.3 is 23.2 Å². The third-order valence-electron chi connectivity index (χ3n) is 21.1. The summed E-state index contributed by atoms with van der Waals surface area (Å²) in [5.74, 6) is -0.730. The van der Waals surface area contributed by atoms with Crippen LogP contribution in [0.3, 0.4) is 0 Å². The molecule has 10 atom stereocenters. The molecule has 0 aliphatic carbocycles. The SMILES string of the molecule is COC1C(O)C(C)OC(CCOC2C(Oc3cccc4c(O)c5c(=O)oc6ccc(C)c7c(=O)oc(c34)c5c67)OC(C)C(O)C2O)C1O.COc1ccc2cc(COCCC(=O)O)ccc2c1.Cc1cc(Cc2cc(C)c(N)cc2N)c(N)cc1N.O=C(O)c1ccc(Oc2nc3ccccc3s2)cc1.O=[N+]([O-])c1ccc(Nc2nc3ccccc3s2)cc1. The summed E-state index contributed by atoms with van der Waals surface area (Å²) in [6.07, 6.45) is -9.90. The smallest absolute Gasteiger partial charge is 0.348 e. The van der Waals surface area contributed by atoms with Crippen LogP contribution in [-0.4, -0.2) is 151 Å². The van der Waals surface area contributed by atoms with E-state index in [0.717, 1.165) is 75.6 Å². The van der Waals surface area contributed by atoms with Crippen molar-refractivity contribution in [2.24, 2.45) is 0 Å². The van der Waals surface area contributed by atoms with Crippen molar-refractivity contribution < 1.29 is 97.0 Å². The minimum Gasteiger partial charge on any atom is -0.506 e. The first-order valence-corrected chi connectivity index (χ1v) is 40.7. The number of aromatic carboxylic acids is 1. The Morgan fingerprint density at radius 3 is 1.86 bits per heavy atom. The van der Waals surface area contributed by atoms with Crippen molar-refractivity contribution in [3.8, 4) is 28.2 Å². The lowest BCUT2D eigenvalue weighted by molar-refractivity contribution is -0.384. The van der Waals surface area contributed by atoms with E-state index in [1.165, 1.54) is 48.8 Å². The fourth-order valence-corrected chi connectivity index (χ4v) is 16.1. The van der Waals surface area contributed by atoms with E-state index in [2.05, 4.69) is 15.3 Å². The number of thiazole rings is 2. The van der Waals surface area contributed by atoms with Crippen LogP contribution in [0.15, 0.2) is 206 Å². The number of benzene rings is 11. The van der Waals surface area contributed by atoms with E-state index in [1.807, 2.05) is 111 Å². The van der Waals surface area contributed by atoms with Gasteiger partial charge in [-0.25, -0.2) is 24.4 Å². The van der Waals surface area contributed by atoms with Gasteiger partial charge in [0.2, 0.25) is 6.29 Å². The monoisotopic (exact) mass is 1730 g/mol.